The minimum Gasteiger partial charge on any atom is -0.392 e. The van der Waals surface area contributed by atoms with Crippen molar-refractivity contribution in [2.45, 2.75) is 39.3 Å². The molecular weight excluding hydrogens is 218 g/mol. The summed E-state index contributed by atoms with van der Waals surface area (Å²) in [5.41, 5.74) is 1.96. The molecule has 0 aliphatic rings. The van der Waals surface area contributed by atoms with Gasteiger partial charge in [-0.05, 0) is 18.1 Å². The first-order chi connectivity index (χ1) is 8.26. The van der Waals surface area contributed by atoms with Crippen LogP contribution in [0.2, 0.25) is 0 Å². The minimum atomic E-state index is -0.126. The number of nitrogens with zero attached hydrogens (tertiary/aromatic N) is 2. The monoisotopic (exact) mass is 235 g/mol. The van der Waals surface area contributed by atoms with E-state index in [0.29, 0.717) is 12.2 Å². The Morgan fingerprint density at radius 1 is 1.47 bits per heavy atom. The Morgan fingerprint density at radius 3 is 3.00 bits per heavy atom. The number of unbranched alkanes of at least 4 members (excludes halogenated alkanes) is 2. The van der Waals surface area contributed by atoms with E-state index in [9.17, 15) is 4.79 Å². The summed E-state index contributed by atoms with van der Waals surface area (Å²) in [5, 5.41) is 9.07. The molecule has 0 aliphatic heterocycles. The average molecular weight is 235 g/mol. The molecular formula is C12H17N3O2. The third-order valence-electron chi connectivity index (χ3n) is 2.85. The number of H-pyrrole nitrogens is 1. The normalized spacial score (nSPS) is 11.2. The molecule has 5 heteroatoms. The first-order valence-electron chi connectivity index (χ1n) is 5.94. The molecule has 0 amide bonds. The lowest BCUT2D eigenvalue weighted by atomic mass is 10.2. The summed E-state index contributed by atoms with van der Waals surface area (Å²) in [5.74, 6) is 0. The fourth-order valence-corrected chi connectivity index (χ4v) is 1.90. The number of aliphatic hydroxyl groups is 1. The van der Waals surface area contributed by atoms with Gasteiger partial charge in [-0.3, -0.25) is 9.55 Å². The fraction of sp³-hybridized carbons (Fsp3) is 0.500. The van der Waals surface area contributed by atoms with E-state index >= 15 is 0 Å². The number of hydrogen-bond donors (Lipinski definition) is 2. The first kappa shape index (κ1) is 11.9. The van der Waals surface area contributed by atoms with Gasteiger partial charge < -0.3 is 5.11 Å². The minimum absolute atomic E-state index is 0.0583. The molecule has 2 heterocycles. The lowest BCUT2D eigenvalue weighted by Crippen LogP contribution is -2.16. The van der Waals surface area contributed by atoms with Crippen molar-refractivity contribution in [3.63, 3.8) is 0 Å². The number of aromatic amines is 1. The van der Waals surface area contributed by atoms with Crippen LogP contribution in [-0.4, -0.2) is 19.6 Å². The molecule has 0 radical (unpaired) electrons. The van der Waals surface area contributed by atoms with E-state index in [-0.39, 0.29) is 12.3 Å². The van der Waals surface area contributed by atoms with E-state index in [2.05, 4.69) is 16.9 Å². The van der Waals surface area contributed by atoms with Crippen LogP contribution >= 0.6 is 0 Å². The zero-order valence-corrected chi connectivity index (χ0v) is 9.94. The van der Waals surface area contributed by atoms with Gasteiger partial charge >= 0.3 is 5.69 Å². The molecule has 5 nitrogen and oxygen atoms in total. The number of pyridine rings is 1. The highest BCUT2D eigenvalue weighted by Gasteiger charge is 2.07. The van der Waals surface area contributed by atoms with Gasteiger partial charge in [0.05, 0.1) is 12.1 Å². The second-order valence-corrected chi connectivity index (χ2v) is 4.16. The summed E-state index contributed by atoms with van der Waals surface area (Å²) >= 11 is 0. The van der Waals surface area contributed by atoms with Crippen molar-refractivity contribution in [1.82, 2.24) is 14.5 Å². The molecule has 0 spiro atoms. The number of rotatable bonds is 5. The maximum Gasteiger partial charge on any atom is 0.327 e. The Bertz CT molecular complexity index is 556. The summed E-state index contributed by atoms with van der Waals surface area (Å²) in [6.45, 7) is 2.77. The Morgan fingerprint density at radius 2 is 2.29 bits per heavy atom. The van der Waals surface area contributed by atoms with Crippen molar-refractivity contribution < 1.29 is 5.11 Å². The van der Waals surface area contributed by atoms with Crippen molar-refractivity contribution in [3.8, 4) is 0 Å². The highest BCUT2D eigenvalue weighted by Crippen LogP contribution is 2.11. The third-order valence-corrected chi connectivity index (χ3v) is 2.85. The van der Waals surface area contributed by atoms with Crippen LogP contribution in [0.4, 0.5) is 0 Å². The standard InChI is InChI=1S/C12H17N3O2/c1-2-3-4-5-15-10-6-9(8-16)7-13-11(10)14-12(15)17/h6-7,16H,2-5,8H2,1H3,(H,13,14,17). The molecule has 2 aromatic rings. The Hall–Kier alpha value is -1.62. The van der Waals surface area contributed by atoms with Gasteiger partial charge in [-0.1, -0.05) is 19.8 Å². The van der Waals surface area contributed by atoms with Crippen LogP contribution in [0, 0.1) is 0 Å². The maximum atomic E-state index is 11.7. The van der Waals surface area contributed by atoms with Gasteiger partial charge in [-0.25, -0.2) is 9.78 Å². The molecule has 0 fully saturated rings. The fourth-order valence-electron chi connectivity index (χ4n) is 1.90. The van der Waals surface area contributed by atoms with Crippen LogP contribution < -0.4 is 5.69 Å². The quantitative estimate of drug-likeness (QED) is 0.770. The molecule has 0 saturated carbocycles. The zero-order valence-electron chi connectivity index (χ0n) is 9.94. The van der Waals surface area contributed by atoms with E-state index in [1.807, 2.05) is 6.07 Å². The number of aryl methyl sites for hydroxylation is 1. The van der Waals surface area contributed by atoms with E-state index in [1.54, 1.807) is 10.8 Å². The summed E-state index contributed by atoms with van der Waals surface area (Å²) in [6, 6.07) is 1.81. The number of fused-ring (bicyclic) bond motifs is 1. The van der Waals surface area contributed by atoms with E-state index < -0.39 is 0 Å². The number of nitrogens with one attached hydrogen (secondary N) is 1. The van der Waals surface area contributed by atoms with Crippen LogP contribution in [0.25, 0.3) is 11.2 Å². The highest BCUT2D eigenvalue weighted by molar-refractivity contribution is 5.71. The van der Waals surface area contributed by atoms with Gasteiger partial charge in [0.25, 0.3) is 0 Å². The molecule has 0 aromatic carbocycles. The Labute approximate surface area is 99.1 Å². The van der Waals surface area contributed by atoms with E-state index in [4.69, 9.17) is 5.11 Å². The predicted molar refractivity (Wildman–Crippen MR) is 65.8 cm³/mol. The van der Waals surface area contributed by atoms with Gasteiger partial charge in [0.1, 0.15) is 0 Å². The molecule has 2 aromatic heterocycles. The Balaban J connectivity index is 2.38. The molecule has 0 atom stereocenters. The topological polar surface area (TPSA) is 70.9 Å². The van der Waals surface area contributed by atoms with Crippen molar-refractivity contribution in [2.24, 2.45) is 0 Å². The van der Waals surface area contributed by atoms with Crippen LogP contribution in [0.5, 0.6) is 0 Å². The van der Waals surface area contributed by atoms with Gasteiger partial charge in [0.2, 0.25) is 0 Å². The smallest absolute Gasteiger partial charge is 0.327 e. The molecule has 0 unspecified atom stereocenters. The summed E-state index contributed by atoms with van der Waals surface area (Å²) in [7, 11) is 0. The lowest BCUT2D eigenvalue weighted by Gasteiger charge is -2.03. The van der Waals surface area contributed by atoms with Crippen LogP contribution in [-0.2, 0) is 13.2 Å². The molecule has 2 rings (SSSR count). The molecule has 17 heavy (non-hydrogen) atoms. The SMILES string of the molecule is CCCCCn1c(=O)[nH]c2ncc(CO)cc21. The van der Waals surface area contributed by atoms with E-state index in [1.165, 1.54) is 0 Å². The highest BCUT2D eigenvalue weighted by atomic mass is 16.3. The predicted octanol–water partition coefficient (Wildman–Crippen LogP) is 1.41. The van der Waals surface area contributed by atoms with Gasteiger partial charge in [-0.15, -0.1) is 0 Å². The average Bonchev–Trinajstić information content (AvgIpc) is 2.65. The van der Waals surface area contributed by atoms with Crippen LogP contribution in [0.3, 0.4) is 0 Å². The molecule has 2 N–H and O–H groups in total. The molecule has 92 valence electrons. The van der Waals surface area contributed by atoms with Crippen molar-refractivity contribution >= 4 is 11.2 Å². The molecule has 0 aliphatic carbocycles. The number of imidazole rings is 1. The third kappa shape index (κ3) is 2.39. The maximum absolute atomic E-state index is 11.7. The first-order valence-corrected chi connectivity index (χ1v) is 5.94. The van der Waals surface area contributed by atoms with Crippen molar-refractivity contribution in [3.05, 3.63) is 28.3 Å². The second-order valence-electron chi connectivity index (χ2n) is 4.16. The lowest BCUT2D eigenvalue weighted by molar-refractivity contribution is 0.281. The summed E-state index contributed by atoms with van der Waals surface area (Å²) in [4.78, 5) is 18.6. The Kier molecular flexibility index (Phi) is 3.58. The van der Waals surface area contributed by atoms with Gasteiger partial charge in [-0.2, -0.15) is 0 Å². The van der Waals surface area contributed by atoms with Crippen LogP contribution in [0.15, 0.2) is 17.1 Å². The second kappa shape index (κ2) is 5.14. The summed E-state index contributed by atoms with van der Waals surface area (Å²) < 4.78 is 1.69. The van der Waals surface area contributed by atoms with E-state index in [0.717, 1.165) is 30.3 Å². The largest absolute Gasteiger partial charge is 0.392 e. The van der Waals surface area contributed by atoms with Gasteiger partial charge in [0.15, 0.2) is 5.65 Å². The van der Waals surface area contributed by atoms with Crippen LogP contribution in [0.1, 0.15) is 31.7 Å². The summed E-state index contributed by atoms with van der Waals surface area (Å²) in [6.07, 6.45) is 4.78. The zero-order chi connectivity index (χ0) is 12.3. The molecule has 0 saturated heterocycles. The van der Waals surface area contributed by atoms with Crippen molar-refractivity contribution in [1.29, 1.82) is 0 Å². The molecule has 0 bridgehead atoms. The van der Waals surface area contributed by atoms with Gasteiger partial charge in [0, 0.05) is 12.7 Å². The number of aromatic nitrogens is 3. The van der Waals surface area contributed by atoms with Crippen molar-refractivity contribution in [2.75, 3.05) is 0 Å². The number of hydrogen-bond acceptors (Lipinski definition) is 3. The number of aliphatic hydroxyl groups excluding tert-OH is 1.